The van der Waals surface area contributed by atoms with E-state index in [1.807, 2.05) is 0 Å². The number of rotatable bonds is 5. The summed E-state index contributed by atoms with van der Waals surface area (Å²) < 4.78 is 10.8. The highest BCUT2D eigenvalue weighted by atomic mass is 16.6. The van der Waals surface area contributed by atoms with Gasteiger partial charge in [-0.3, -0.25) is 4.79 Å². The molecule has 19 heavy (non-hydrogen) atoms. The van der Waals surface area contributed by atoms with E-state index < -0.39 is 0 Å². The second-order valence-corrected chi connectivity index (χ2v) is 3.92. The summed E-state index contributed by atoms with van der Waals surface area (Å²) in [5, 5.41) is 6.14. The number of azide groups is 1. The van der Waals surface area contributed by atoms with Crippen molar-refractivity contribution in [2.75, 3.05) is 26.3 Å². The summed E-state index contributed by atoms with van der Waals surface area (Å²) in [4.78, 5) is 14.5. The number of hydrogen-bond acceptors (Lipinski definition) is 4. The van der Waals surface area contributed by atoms with Gasteiger partial charge in [-0.2, -0.15) is 0 Å². The van der Waals surface area contributed by atoms with Crippen molar-refractivity contribution in [1.29, 1.82) is 0 Å². The third-order valence-electron chi connectivity index (χ3n) is 2.59. The van der Waals surface area contributed by atoms with Gasteiger partial charge in [-0.15, -0.1) is 0 Å². The van der Waals surface area contributed by atoms with E-state index in [-0.39, 0.29) is 5.91 Å². The highest BCUT2D eigenvalue weighted by Crippen LogP contribution is 2.30. The van der Waals surface area contributed by atoms with Gasteiger partial charge in [-0.05, 0) is 30.2 Å². The number of ether oxygens (including phenoxy) is 2. The monoisotopic (exact) mass is 262 g/mol. The van der Waals surface area contributed by atoms with Gasteiger partial charge in [0.05, 0.1) is 0 Å². The van der Waals surface area contributed by atoms with Crippen LogP contribution in [0.2, 0.25) is 0 Å². The fourth-order valence-electron chi connectivity index (χ4n) is 1.68. The van der Waals surface area contributed by atoms with E-state index in [0.717, 1.165) is 0 Å². The first-order valence-corrected chi connectivity index (χ1v) is 6.00. The normalized spacial score (nSPS) is 12.4. The van der Waals surface area contributed by atoms with Gasteiger partial charge < -0.3 is 14.8 Å². The van der Waals surface area contributed by atoms with E-state index in [2.05, 4.69) is 15.3 Å². The molecule has 1 amide bonds. The Hall–Kier alpha value is -2.40. The molecule has 0 fully saturated rings. The molecular weight excluding hydrogens is 248 g/mol. The predicted octanol–water partition coefficient (Wildman–Crippen LogP) is 1.89. The highest BCUT2D eigenvalue weighted by Gasteiger charge is 2.14. The molecule has 0 spiro atoms. The minimum Gasteiger partial charge on any atom is -0.486 e. The second-order valence-electron chi connectivity index (χ2n) is 3.92. The Labute approximate surface area is 110 Å². The van der Waals surface area contributed by atoms with Gasteiger partial charge in [0.1, 0.15) is 13.2 Å². The second kappa shape index (κ2) is 6.51. The number of hydrogen-bond donors (Lipinski definition) is 1. The number of fused-ring (bicyclic) bond motifs is 1. The third-order valence-corrected chi connectivity index (χ3v) is 2.59. The van der Waals surface area contributed by atoms with Crippen LogP contribution >= 0.6 is 0 Å². The van der Waals surface area contributed by atoms with Gasteiger partial charge >= 0.3 is 0 Å². The molecule has 0 unspecified atom stereocenters. The zero-order valence-electron chi connectivity index (χ0n) is 10.3. The zero-order valence-corrected chi connectivity index (χ0v) is 10.3. The Morgan fingerprint density at radius 3 is 2.95 bits per heavy atom. The fourth-order valence-corrected chi connectivity index (χ4v) is 1.68. The van der Waals surface area contributed by atoms with Crippen molar-refractivity contribution < 1.29 is 14.3 Å². The number of amides is 1. The van der Waals surface area contributed by atoms with Crippen LogP contribution in [0, 0.1) is 0 Å². The Bertz CT molecular complexity index is 512. The predicted molar refractivity (Wildman–Crippen MR) is 68.4 cm³/mol. The summed E-state index contributed by atoms with van der Waals surface area (Å²) in [7, 11) is 0. The molecule has 1 aromatic rings. The number of nitrogens with zero attached hydrogens (tertiary/aromatic N) is 3. The molecular formula is C12H14N4O3. The molecule has 0 atom stereocenters. The molecule has 0 aliphatic carbocycles. The minimum absolute atomic E-state index is 0.182. The van der Waals surface area contributed by atoms with E-state index in [1.54, 1.807) is 18.2 Å². The van der Waals surface area contributed by atoms with E-state index in [4.69, 9.17) is 15.0 Å². The molecule has 0 saturated carbocycles. The Balaban J connectivity index is 1.90. The molecule has 100 valence electrons. The summed E-state index contributed by atoms with van der Waals surface area (Å²) in [6.07, 6.45) is 0.611. The van der Waals surface area contributed by atoms with Gasteiger partial charge in [-0.25, -0.2) is 0 Å². The van der Waals surface area contributed by atoms with Crippen molar-refractivity contribution in [1.82, 2.24) is 5.32 Å². The first-order chi connectivity index (χ1) is 9.31. The lowest BCUT2D eigenvalue weighted by atomic mass is 10.2. The number of carbonyl (C=O) groups is 1. The summed E-state index contributed by atoms with van der Waals surface area (Å²) in [5.74, 6) is 1.07. The van der Waals surface area contributed by atoms with Crippen LogP contribution in [0.25, 0.3) is 10.4 Å². The van der Waals surface area contributed by atoms with Crippen LogP contribution in [0.1, 0.15) is 16.8 Å². The van der Waals surface area contributed by atoms with Crippen molar-refractivity contribution in [2.45, 2.75) is 6.42 Å². The Kier molecular flexibility index (Phi) is 4.47. The standard InChI is InChI=1S/C12H14N4O3/c13-16-15-5-1-4-14-12(17)9-2-3-10-11(8-9)19-7-6-18-10/h2-3,8H,1,4-7H2,(H,14,17). The van der Waals surface area contributed by atoms with Crippen LogP contribution in [0.3, 0.4) is 0 Å². The van der Waals surface area contributed by atoms with E-state index in [0.29, 0.717) is 49.8 Å². The first-order valence-electron chi connectivity index (χ1n) is 6.00. The minimum atomic E-state index is -0.182. The van der Waals surface area contributed by atoms with Gasteiger partial charge in [-0.1, -0.05) is 5.11 Å². The lowest BCUT2D eigenvalue weighted by molar-refractivity contribution is 0.0952. The van der Waals surface area contributed by atoms with E-state index in [1.165, 1.54) is 0 Å². The zero-order chi connectivity index (χ0) is 13.5. The molecule has 1 N–H and O–H groups in total. The first kappa shape index (κ1) is 13.0. The molecule has 0 bridgehead atoms. The Morgan fingerprint density at radius 2 is 2.16 bits per heavy atom. The molecule has 1 heterocycles. The molecule has 7 nitrogen and oxygen atoms in total. The van der Waals surface area contributed by atoms with Gasteiger partial charge in [0.15, 0.2) is 11.5 Å². The number of carbonyl (C=O) groups excluding carboxylic acids is 1. The van der Waals surface area contributed by atoms with Crippen molar-refractivity contribution >= 4 is 5.91 Å². The highest BCUT2D eigenvalue weighted by molar-refractivity contribution is 5.94. The fraction of sp³-hybridized carbons (Fsp3) is 0.417. The largest absolute Gasteiger partial charge is 0.486 e. The molecule has 1 aromatic carbocycles. The van der Waals surface area contributed by atoms with Gasteiger partial charge in [0, 0.05) is 23.6 Å². The van der Waals surface area contributed by atoms with Gasteiger partial charge in [0.2, 0.25) is 0 Å². The smallest absolute Gasteiger partial charge is 0.251 e. The average molecular weight is 262 g/mol. The lowest BCUT2D eigenvalue weighted by Gasteiger charge is -2.18. The maximum absolute atomic E-state index is 11.9. The topological polar surface area (TPSA) is 96.3 Å². The average Bonchev–Trinajstić information content (AvgIpc) is 2.46. The van der Waals surface area contributed by atoms with Crippen LogP contribution in [-0.4, -0.2) is 32.2 Å². The quantitative estimate of drug-likeness (QED) is 0.380. The SMILES string of the molecule is [N-]=[N+]=NCCCNC(=O)c1ccc2c(c1)OCCO2. The van der Waals surface area contributed by atoms with Crippen LogP contribution in [0.5, 0.6) is 11.5 Å². The van der Waals surface area contributed by atoms with Crippen molar-refractivity contribution in [2.24, 2.45) is 5.11 Å². The number of nitrogens with one attached hydrogen (secondary N) is 1. The maximum atomic E-state index is 11.9. The van der Waals surface area contributed by atoms with E-state index in [9.17, 15) is 4.79 Å². The summed E-state index contributed by atoms with van der Waals surface area (Å²) in [6, 6.07) is 5.08. The van der Waals surface area contributed by atoms with Crippen LogP contribution in [-0.2, 0) is 0 Å². The van der Waals surface area contributed by atoms with Crippen molar-refractivity contribution in [3.8, 4) is 11.5 Å². The molecule has 0 aromatic heterocycles. The summed E-state index contributed by atoms with van der Waals surface area (Å²) >= 11 is 0. The maximum Gasteiger partial charge on any atom is 0.251 e. The van der Waals surface area contributed by atoms with Crippen molar-refractivity contribution in [3.63, 3.8) is 0 Å². The molecule has 7 heteroatoms. The molecule has 0 radical (unpaired) electrons. The number of benzene rings is 1. The summed E-state index contributed by atoms with van der Waals surface area (Å²) in [6.45, 7) is 1.85. The molecule has 1 aliphatic rings. The lowest BCUT2D eigenvalue weighted by Crippen LogP contribution is -2.25. The van der Waals surface area contributed by atoms with Crippen LogP contribution in [0.15, 0.2) is 23.3 Å². The third kappa shape index (κ3) is 3.53. The van der Waals surface area contributed by atoms with Crippen molar-refractivity contribution in [3.05, 3.63) is 34.2 Å². The molecule has 0 saturated heterocycles. The molecule has 2 rings (SSSR count). The van der Waals surface area contributed by atoms with Gasteiger partial charge in [0.25, 0.3) is 5.91 Å². The van der Waals surface area contributed by atoms with Crippen LogP contribution in [0.4, 0.5) is 0 Å². The van der Waals surface area contributed by atoms with E-state index >= 15 is 0 Å². The summed E-state index contributed by atoms with van der Waals surface area (Å²) in [5.41, 5.74) is 8.63. The molecule has 1 aliphatic heterocycles. The van der Waals surface area contributed by atoms with Crippen LogP contribution < -0.4 is 14.8 Å². The Morgan fingerprint density at radius 1 is 1.37 bits per heavy atom.